The Morgan fingerprint density at radius 1 is 0.667 bits per heavy atom. The minimum absolute atomic E-state index is 0. The van der Waals surface area contributed by atoms with Gasteiger partial charge in [-0.05, 0) is 0 Å². The van der Waals surface area contributed by atoms with Crippen LogP contribution in [-0.2, 0) is 23.7 Å². The van der Waals surface area contributed by atoms with Crippen LogP contribution in [0.1, 0.15) is 0 Å². The van der Waals surface area contributed by atoms with Crippen LogP contribution in [0.15, 0.2) is 0 Å². The van der Waals surface area contributed by atoms with Crippen molar-refractivity contribution in [3.8, 4) is 0 Å². The molecule has 0 aliphatic rings. The molecule has 0 rings (SSSR count). The first-order valence-corrected chi connectivity index (χ1v) is 0.842. The van der Waals surface area contributed by atoms with E-state index in [9.17, 15) is 0 Å². The van der Waals surface area contributed by atoms with Crippen molar-refractivity contribution in [2.24, 2.45) is 0 Å². The summed E-state index contributed by atoms with van der Waals surface area (Å²) in [5, 5.41) is 0. The van der Waals surface area contributed by atoms with Gasteiger partial charge in [0.1, 0.15) is 0 Å². The molecular weight excluding hydrogens is 112 g/mol. The first-order chi connectivity index (χ1) is 1.00. The van der Waals surface area contributed by atoms with Crippen LogP contribution in [0.25, 0.3) is 0 Å². The summed E-state index contributed by atoms with van der Waals surface area (Å²) < 4.78 is 8.25. The molecular formula is C4H12OTi-4. The van der Waals surface area contributed by atoms with Gasteiger partial charge in [0.25, 0.3) is 0 Å². The minimum atomic E-state index is 0. The Balaban J connectivity index is -0.000000000833. The summed E-state index contributed by atoms with van der Waals surface area (Å²) >= 11 is 0.750. The van der Waals surface area contributed by atoms with Crippen LogP contribution in [0.5, 0.6) is 0 Å². The second kappa shape index (κ2) is 425. The third kappa shape index (κ3) is 211. The van der Waals surface area contributed by atoms with Gasteiger partial charge in [0.05, 0.1) is 0 Å². The summed E-state index contributed by atoms with van der Waals surface area (Å²) in [5.74, 6) is 0. The van der Waals surface area contributed by atoms with Crippen molar-refractivity contribution in [1.82, 2.24) is 0 Å². The van der Waals surface area contributed by atoms with Crippen molar-refractivity contribution in [2.75, 3.05) is 0 Å². The van der Waals surface area contributed by atoms with Gasteiger partial charge in [0, 0.05) is 0 Å². The summed E-state index contributed by atoms with van der Waals surface area (Å²) in [6.45, 7) is 0. The van der Waals surface area contributed by atoms with Gasteiger partial charge >= 0.3 is 23.7 Å². The molecule has 0 saturated heterocycles. The Bertz CT molecular complexity index is 7.51. The van der Waals surface area contributed by atoms with Crippen molar-refractivity contribution in [2.45, 2.75) is 0 Å². The molecule has 0 heterocycles. The van der Waals surface area contributed by atoms with Crippen LogP contribution in [0.2, 0.25) is 0 Å². The molecule has 0 bridgehead atoms. The van der Waals surface area contributed by atoms with Gasteiger partial charge in [-0.15, -0.1) is 0 Å². The van der Waals surface area contributed by atoms with E-state index in [2.05, 4.69) is 0 Å². The summed E-state index contributed by atoms with van der Waals surface area (Å²) in [4.78, 5) is 0. The van der Waals surface area contributed by atoms with Gasteiger partial charge in [0.2, 0.25) is 0 Å². The van der Waals surface area contributed by atoms with E-state index in [1.807, 2.05) is 0 Å². The van der Waals surface area contributed by atoms with E-state index >= 15 is 0 Å². The quantitative estimate of drug-likeness (QED) is 0.354. The predicted octanol–water partition coefficient (Wildman–Crippen LogP) is 1.68. The van der Waals surface area contributed by atoms with E-state index in [0.717, 1.165) is 20.4 Å². The van der Waals surface area contributed by atoms with Gasteiger partial charge in [-0.3, -0.25) is 0 Å². The molecule has 0 aromatic rings. The molecule has 0 radical (unpaired) electrons. The van der Waals surface area contributed by atoms with E-state index < -0.39 is 0 Å². The summed E-state index contributed by atoms with van der Waals surface area (Å²) in [5.41, 5.74) is 0. The Kier molecular flexibility index (Phi) is 6120. The van der Waals surface area contributed by atoms with Crippen LogP contribution in [-0.4, -0.2) is 0 Å². The molecule has 42 valence electrons. The van der Waals surface area contributed by atoms with Gasteiger partial charge in [-0.1, -0.05) is 0 Å². The van der Waals surface area contributed by atoms with Gasteiger partial charge < -0.3 is 29.7 Å². The fourth-order valence-corrected chi connectivity index (χ4v) is 0. The monoisotopic (exact) mass is 124 g/mol. The normalized spacial score (nSPS) is 0.500. The van der Waals surface area contributed by atoms with Crippen LogP contribution >= 0.6 is 0 Å². The van der Waals surface area contributed by atoms with Gasteiger partial charge in [-0.25, -0.2) is 0 Å². The average Bonchev–Trinajstić information content (AvgIpc) is 1.00. The molecule has 0 aliphatic heterocycles. The molecule has 0 N–H and O–H groups in total. The van der Waals surface area contributed by atoms with Crippen LogP contribution in [0, 0.1) is 29.7 Å². The molecule has 0 spiro atoms. The fraction of sp³-hybridized carbons (Fsp3) is 0. The molecule has 0 aromatic carbocycles. The molecule has 0 aromatic heterocycles. The molecule has 0 amide bonds. The average molecular weight is 124 g/mol. The Morgan fingerprint density at radius 2 is 0.667 bits per heavy atom. The zero-order valence-electron chi connectivity index (χ0n) is 4.91. The third-order valence-corrected chi connectivity index (χ3v) is 0. The molecule has 0 saturated carbocycles. The maximum absolute atomic E-state index is 8.25. The third-order valence-electron chi connectivity index (χ3n) is 0. The van der Waals surface area contributed by atoms with Crippen LogP contribution in [0.4, 0.5) is 0 Å². The van der Waals surface area contributed by atoms with E-state index in [0.29, 0.717) is 0 Å². The van der Waals surface area contributed by atoms with Crippen molar-refractivity contribution >= 4 is 0 Å². The molecule has 0 fully saturated rings. The van der Waals surface area contributed by atoms with Gasteiger partial charge in [0.15, 0.2) is 0 Å². The first kappa shape index (κ1) is 86.4. The molecule has 0 unspecified atom stereocenters. The summed E-state index contributed by atoms with van der Waals surface area (Å²) in [7, 11) is 0. The molecule has 2 heteroatoms. The molecule has 6 heavy (non-hydrogen) atoms. The summed E-state index contributed by atoms with van der Waals surface area (Å²) in [6.07, 6.45) is 0. The Hall–Kier alpha value is 0.514. The van der Waals surface area contributed by atoms with Gasteiger partial charge in [-0.2, -0.15) is 0 Å². The van der Waals surface area contributed by atoms with E-state index in [4.69, 9.17) is 3.32 Å². The number of rotatable bonds is 0. The SMILES string of the molecule is [CH3-].[CH3-].[CH3-].[CH3-].[O]=[Ti]. The topological polar surface area (TPSA) is 17.1 Å². The summed E-state index contributed by atoms with van der Waals surface area (Å²) in [6, 6.07) is 0. The van der Waals surface area contributed by atoms with E-state index in [1.54, 1.807) is 0 Å². The fourth-order valence-electron chi connectivity index (χ4n) is 0. The van der Waals surface area contributed by atoms with Crippen LogP contribution in [0.3, 0.4) is 0 Å². The van der Waals surface area contributed by atoms with Crippen molar-refractivity contribution in [3.05, 3.63) is 29.7 Å². The predicted molar refractivity (Wildman–Crippen MR) is 26.3 cm³/mol. The molecule has 0 atom stereocenters. The standard InChI is InChI=1S/4CH3.O.Ti/h4*1H3;;/q4*-1;;. The Morgan fingerprint density at radius 3 is 0.667 bits per heavy atom. The van der Waals surface area contributed by atoms with E-state index in [-0.39, 0.29) is 29.7 Å². The van der Waals surface area contributed by atoms with Crippen molar-refractivity contribution in [1.29, 1.82) is 0 Å². The van der Waals surface area contributed by atoms with Crippen LogP contribution < -0.4 is 0 Å². The molecule has 0 aliphatic carbocycles. The molecule has 1 nitrogen and oxygen atoms in total. The zero-order chi connectivity index (χ0) is 2.00. The van der Waals surface area contributed by atoms with E-state index in [1.165, 1.54) is 0 Å². The second-order valence-electron chi connectivity index (χ2n) is 0. The maximum atomic E-state index is 8.25. The Labute approximate surface area is 53.9 Å². The first-order valence-electron chi connectivity index (χ1n) is 0.204. The zero-order valence-corrected chi connectivity index (χ0v) is 6.47. The van der Waals surface area contributed by atoms with Crippen molar-refractivity contribution < 1.29 is 23.7 Å². The number of hydrogen-bond donors (Lipinski definition) is 0. The number of hydrogen-bond acceptors (Lipinski definition) is 1. The second-order valence-corrected chi connectivity index (χ2v) is 0. The van der Waals surface area contributed by atoms with Crippen molar-refractivity contribution in [3.63, 3.8) is 0 Å².